The molecule has 1 aliphatic rings. The van der Waals surface area contributed by atoms with Crippen molar-refractivity contribution >= 4 is 17.2 Å². The molecular weight excluding hydrogens is 343 g/mol. The largest absolute Gasteiger partial charge is 0.323 e. The highest BCUT2D eigenvalue weighted by Gasteiger charge is 2.29. The first-order valence-corrected chi connectivity index (χ1v) is 8.35. The maximum atomic E-state index is 13.8. The Kier molecular flexibility index (Phi) is 3.94. The molecular formula is C19H16F3N3O. The molecule has 7 heteroatoms. The third-order valence-electron chi connectivity index (χ3n) is 4.78. The summed E-state index contributed by atoms with van der Waals surface area (Å²) in [5.74, 6) is -5.08. The summed E-state index contributed by atoms with van der Waals surface area (Å²) in [7, 11) is 0. The normalized spacial score (nSPS) is 16.5. The molecule has 1 N–H and O–H groups in total. The molecule has 3 aromatic rings. The first kappa shape index (κ1) is 16.6. The van der Waals surface area contributed by atoms with Crippen molar-refractivity contribution in [2.45, 2.75) is 26.2 Å². The maximum Gasteiger partial charge on any atom is 0.227 e. The molecule has 0 fully saturated rings. The summed E-state index contributed by atoms with van der Waals surface area (Å²) in [5.41, 5.74) is 3.47. The van der Waals surface area contributed by atoms with Crippen LogP contribution in [0.5, 0.6) is 0 Å². The van der Waals surface area contributed by atoms with Gasteiger partial charge in [-0.3, -0.25) is 4.79 Å². The highest BCUT2D eigenvalue weighted by Crippen LogP contribution is 2.28. The monoisotopic (exact) mass is 359 g/mol. The van der Waals surface area contributed by atoms with Crippen molar-refractivity contribution in [3.05, 3.63) is 64.9 Å². The van der Waals surface area contributed by atoms with Crippen LogP contribution < -0.4 is 5.32 Å². The van der Waals surface area contributed by atoms with E-state index in [-0.39, 0.29) is 5.69 Å². The summed E-state index contributed by atoms with van der Waals surface area (Å²) >= 11 is 0. The number of nitrogens with zero attached hydrogens (tertiary/aromatic N) is 2. The number of aromatic nitrogens is 2. The van der Waals surface area contributed by atoms with E-state index in [4.69, 9.17) is 0 Å². The van der Waals surface area contributed by atoms with Gasteiger partial charge in [0.2, 0.25) is 5.91 Å². The van der Waals surface area contributed by atoms with Gasteiger partial charge >= 0.3 is 0 Å². The zero-order valence-corrected chi connectivity index (χ0v) is 14.0. The van der Waals surface area contributed by atoms with Gasteiger partial charge in [-0.05, 0) is 43.5 Å². The molecule has 1 unspecified atom stereocenters. The molecule has 1 atom stereocenters. The predicted molar refractivity (Wildman–Crippen MR) is 90.4 cm³/mol. The number of imidazole rings is 1. The fraction of sp³-hybridized carbons (Fsp3) is 0.263. The number of benzene rings is 1. The molecule has 26 heavy (non-hydrogen) atoms. The molecule has 134 valence electrons. The number of aryl methyl sites for hydroxylation is 2. The van der Waals surface area contributed by atoms with Gasteiger partial charge in [-0.1, -0.05) is 6.07 Å². The second kappa shape index (κ2) is 6.16. The van der Waals surface area contributed by atoms with E-state index in [1.54, 1.807) is 0 Å². The van der Waals surface area contributed by atoms with Crippen LogP contribution in [0, 0.1) is 30.3 Å². The predicted octanol–water partition coefficient (Wildman–Crippen LogP) is 3.80. The van der Waals surface area contributed by atoms with E-state index in [9.17, 15) is 18.0 Å². The van der Waals surface area contributed by atoms with Crippen LogP contribution in [-0.2, 0) is 17.6 Å². The van der Waals surface area contributed by atoms with Crippen LogP contribution in [0.1, 0.15) is 23.4 Å². The van der Waals surface area contributed by atoms with Crippen molar-refractivity contribution in [2.24, 2.45) is 5.92 Å². The van der Waals surface area contributed by atoms with Gasteiger partial charge < -0.3 is 9.72 Å². The highest BCUT2D eigenvalue weighted by atomic mass is 19.2. The summed E-state index contributed by atoms with van der Waals surface area (Å²) in [4.78, 5) is 17.1. The molecule has 0 bridgehead atoms. The van der Waals surface area contributed by atoms with E-state index in [2.05, 4.69) is 10.3 Å². The number of halogens is 3. The highest BCUT2D eigenvalue weighted by molar-refractivity contribution is 5.93. The average Bonchev–Trinajstić information content (AvgIpc) is 2.99. The summed E-state index contributed by atoms with van der Waals surface area (Å²) < 4.78 is 42.1. The van der Waals surface area contributed by atoms with E-state index in [1.807, 2.05) is 29.7 Å². The van der Waals surface area contributed by atoms with E-state index < -0.39 is 29.3 Å². The van der Waals surface area contributed by atoms with Gasteiger partial charge in [0.05, 0.1) is 11.4 Å². The molecule has 0 saturated heterocycles. The molecule has 4 nitrogen and oxygen atoms in total. The molecule has 0 aliphatic heterocycles. The molecule has 1 amide bonds. The van der Waals surface area contributed by atoms with Crippen LogP contribution in [-0.4, -0.2) is 15.3 Å². The minimum absolute atomic E-state index is 0.353. The lowest BCUT2D eigenvalue weighted by Gasteiger charge is -2.21. The Hall–Kier alpha value is -2.83. The van der Waals surface area contributed by atoms with Crippen molar-refractivity contribution in [3.63, 3.8) is 0 Å². The van der Waals surface area contributed by atoms with E-state index in [0.717, 1.165) is 34.7 Å². The molecule has 2 aromatic heterocycles. The van der Waals surface area contributed by atoms with Gasteiger partial charge in [0.15, 0.2) is 17.5 Å². The topological polar surface area (TPSA) is 46.4 Å². The van der Waals surface area contributed by atoms with Crippen LogP contribution in [0.2, 0.25) is 0 Å². The Morgan fingerprint density at radius 3 is 2.81 bits per heavy atom. The van der Waals surface area contributed by atoms with Crippen LogP contribution in [0.4, 0.5) is 18.9 Å². The minimum Gasteiger partial charge on any atom is -0.323 e. The number of fused-ring (bicyclic) bond motifs is 3. The fourth-order valence-electron chi connectivity index (χ4n) is 3.39. The van der Waals surface area contributed by atoms with Gasteiger partial charge in [-0.15, -0.1) is 0 Å². The van der Waals surface area contributed by atoms with Gasteiger partial charge in [0.1, 0.15) is 5.65 Å². The number of amides is 1. The van der Waals surface area contributed by atoms with Crippen LogP contribution in [0.15, 0.2) is 30.5 Å². The average molecular weight is 359 g/mol. The number of carbonyl (C=O) groups is 1. The minimum atomic E-state index is -1.59. The first-order chi connectivity index (χ1) is 12.4. The smallest absolute Gasteiger partial charge is 0.227 e. The standard InChI is InChI=1S/C19H16F3N3O/c1-10-2-7-16-23-13-5-3-11(8-15(13)25(16)9-10)19(26)24-14-6-4-12(20)17(21)18(14)22/h2,4,6-7,9,11H,3,5,8H2,1H3,(H,24,26). The van der Waals surface area contributed by atoms with Gasteiger partial charge in [-0.2, -0.15) is 0 Å². The number of anilines is 1. The van der Waals surface area contributed by atoms with Crippen molar-refractivity contribution in [1.29, 1.82) is 0 Å². The third-order valence-corrected chi connectivity index (χ3v) is 4.78. The summed E-state index contributed by atoms with van der Waals surface area (Å²) in [5, 5.41) is 2.38. The third kappa shape index (κ3) is 2.73. The second-order valence-electron chi connectivity index (χ2n) is 6.59. The van der Waals surface area contributed by atoms with Gasteiger partial charge in [-0.25, -0.2) is 18.2 Å². The van der Waals surface area contributed by atoms with Crippen molar-refractivity contribution in [1.82, 2.24) is 9.38 Å². The Labute approximate surface area is 147 Å². The number of hydrogen-bond donors (Lipinski definition) is 1. The Morgan fingerprint density at radius 1 is 1.19 bits per heavy atom. The number of rotatable bonds is 2. The van der Waals surface area contributed by atoms with Crippen molar-refractivity contribution in [2.75, 3.05) is 5.32 Å². The van der Waals surface area contributed by atoms with Gasteiger partial charge in [0.25, 0.3) is 0 Å². The lowest BCUT2D eigenvalue weighted by Crippen LogP contribution is -2.29. The Morgan fingerprint density at radius 2 is 2.00 bits per heavy atom. The summed E-state index contributed by atoms with van der Waals surface area (Å²) in [6, 6.07) is 5.72. The van der Waals surface area contributed by atoms with Gasteiger partial charge in [0, 0.05) is 24.2 Å². The Balaban J connectivity index is 1.59. The fourth-order valence-corrected chi connectivity index (χ4v) is 3.39. The van der Waals surface area contributed by atoms with Crippen molar-refractivity contribution < 1.29 is 18.0 Å². The zero-order valence-electron chi connectivity index (χ0n) is 14.0. The SMILES string of the molecule is Cc1ccc2nc3c(n2c1)CC(C(=O)Nc1ccc(F)c(F)c1F)CC3. The van der Waals surface area contributed by atoms with Crippen molar-refractivity contribution in [3.8, 4) is 0 Å². The number of nitrogens with one attached hydrogen (secondary N) is 1. The molecule has 0 radical (unpaired) electrons. The Bertz CT molecular complexity index is 1030. The van der Waals surface area contributed by atoms with Crippen LogP contribution in [0.25, 0.3) is 5.65 Å². The molecule has 2 heterocycles. The zero-order chi connectivity index (χ0) is 18.4. The maximum absolute atomic E-state index is 13.8. The molecule has 4 rings (SSSR count). The second-order valence-corrected chi connectivity index (χ2v) is 6.59. The van der Waals surface area contributed by atoms with E-state index >= 15 is 0 Å². The molecule has 0 spiro atoms. The van der Waals surface area contributed by atoms with E-state index in [0.29, 0.717) is 19.3 Å². The van der Waals surface area contributed by atoms with E-state index in [1.165, 1.54) is 0 Å². The molecule has 0 saturated carbocycles. The van der Waals surface area contributed by atoms with Crippen LogP contribution in [0.3, 0.4) is 0 Å². The molecule has 1 aliphatic carbocycles. The number of hydrogen-bond acceptors (Lipinski definition) is 2. The molecule has 1 aromatic carbocycles. The quantitative estimate of drug-likeness (QED) is 0.708. The number of carbonyl (C=O) groups excluding carboxylic acids is 1. The lowest BCUT2D eigenvalue weighted by molar-refractivity contribution is -0.120. The summed E-state index contributed by atoms with van der Waals surface area (Å²) in [6.07, 6.45) is 3.62. The first-order valence-electron chi connectivity index (χ1n) is 8.35. The van der Waals surface area contributed by atoms with Crippen LogP contribution >= 0.6 is 0 Å². The number of pyridine rings is 1. The lowest BCUT2D eigenvalue weighted by atomic mass is 9.89. The summed E-state index contributed by atoms with van der Waals surface area (Å²) in [6.45, 7) is 1.98.